The van der Waals surface area contributed by atoms with Crippen LogP contribution in [0.5, 0.6) is 0 Å². The standard InChI is InChI=1S/C22H25O4S/c1-25-21(23)13-15-27(16-14-22(24)26-2)17-20(18-9-5-3-6-10-18)19-11-7-4-8-12-19/h3-12,17H,13-16H2,1-2H3/q+1. The lowest BCUT2D eigenvalue weighted by Crippen LogP contribution is -2.17. The van der Waals surface area contributed by atoms with Crippen LogP contribution in [0.4, 0.5) is 0 Å². The summed E-state index contributed by atoms with van der Waals surface area (Å²) in [5.74, 6) is 0.819. The van der Waals surface area contributed by atoms with Crippen LogP contribution in [0.15, 0.2) is 66.1 Å². The van der Waals surface area contributed by atoms with Gasteiger partial charge < -0.3 is 9.47 Å². The SMILES string of the molecule is COC(=O)CC[S+](C=C(c1ccccc1)c1ccccc1)CCC(=O)OC. The maximum absolute atomic E-state index is 11.6. The zero-order chi connectivity index (χ0) is 19.5. The monoisotopic (exact) mass is 385 g/mol. The number of methoxy groups -OCH3 is 2. The Labute approximate surface area is 163 Å². The summed E-state index contributed by atoms with van der Waals surface area (Å²) in [7, 11) is 2.52. The first kappa shape index (κ1) is 20.8. The number of benzene rings is 2. The molecule has 0 spiro atoms. The van der Waals surface area contributed by atoms with Gasteiger partial charge in [0.2, 0.25) is 0 Å². The molecule has 0 aliphatic carbocycles. The van der Waals surface area contributed by atoms with Crippen molar-refractivity contribution < 1.29 is 19.1 Å². The van der Waals surface area contributed by atoms with Crippen molar-refractivity contribution in [2.24, 2.45) is 0 Å². The third-order valence-electron chi connectivity index (χ3n) is 4.05. The molecule has 5 heteroatoms. The number of carbonyl (C=O) groups excluding carboxylic acids is 2. The van der Waals surface area contributed by atoms with Gasteiger partial charge in [-0.25, -0.2) is 0 Å². The van der Waals surface area contributed by atoms with E-state index in [4.69, 9.17) is 9.47 Å². The van der Waals surface area contributed by atoms with Crippen LogP contribution in [0.1, 0.15) is 24.0 Å². The van der Waals surface area contributed by atoms with E-state index in [9.17, 15) is 9.59 Å². The van der Waals surface area contributed by atoms with Crippen molar-refractivity contribution in [1.29, 1.82) is 0 Å². The molecule has 0 atom stereocenters. The van der Waals surface area contributed by atoms with Gasteiger partial charge in [0.1, 0.15) is 16.9 Å². The number of rotatable bonds is 9. The highest BCUT2D eigenvalue weighted by molar-refractivity contribution is 7.99. The zero-order valence-corrected chi connectivity index (χ0v) is 16.5. The van der Waals surface area contributed by atoms with Crippen LogP contribution in [0.3, 0.4) is 0 Å². The molecule has 142 valence electrons. The third-order valence-corrected chi connectivity index (χ3v) is 6.07. The van der Waals surface area contributed by atoms with E-state index in [1.807, 2.05) is 36.4 Å². The van der Waals surface area contributed by atoms with E-state index in [0.717, 1.165) is 16.7 Å². The second-order valence-corrected chi connectivity index (χ2v) is 7.99. The molecule has 0 aliphatic rings. The Morgan fingerprint density at radius 2 is 1.19 bits per heavy atom. The average Bonchev–Trinajstić information content (AvgIpc) is 2.73. The molecule has 2 aromatic rings. The van der Waals surface area contributed by atoms with Gasteiger partial charge in [-0.05, 0) is 11.1 Å². The fraction of sp³-hybridized carbons (Fsp3) is 0.273. The molecule has 0 amide bonds. The van der Waals surface area contributed by atoms with E-state index in [1.54, 1.807) is 0 Å². The molecular formula is C22H25O4S+. The predicted octanol–water partition coefficient (Wildman–Crippen LogP) is 3.82. The van der Waals surface area contributed by atoms with Crippen LogP contribution in [0, 0.1) is 0 Å². The van der Waals surface area contributed by atoms with E-state index < -0.39 is 0 Å². The van der Waals surface area contributed by atoms with Crippen LogP contribution in [-0.4, -0.2) is 37.7 Å². The largest absolute Gasteiger partial charge is 0.469 e. The number of hydrogen-bond donors (Lipinski definition) is 0. The van der Waals surface area contributed by atoms with Crippen LogP contribution < -0.4 is 0 Å². The Kier molecular flexibility index (Phi) is 8.65. The van der Waals surface area contributed by atoms with Gasteiger partial charge >= 0.3 is 11.9 Å². The lowest BCUT2D eigenvalue weighted by atomic mass is 10.00. The quantitative estimate of drug-likeness (QED) is 0.486. The van der Waals surface area contributed by atoms with Crippen molar-refractivity contribution in [3.8, 4) is 0 Å². The summed E-state index contributed by atoms with van der Waals surface area (Å²) in [6.45, 7) is 0. The number of esters is 2. The van der Waals surface area contributed by atoms with Crippen LogP contribution in [0.2, 0.25) is 0 Å². The molecule has 27 heavy (non-hydrogen) atoms. The Morgan fingerprint density at radius 3 is 1.56 bits per heavy atom. The Hall–Kier alpha value is -2.53. The van der Waals surface area contributed by atoms with Gasteiger partial charge in [0.15, 0.2) is 0 Å². The molecule has 2 rings (SSSR count). The highest BCUT2D eigenvalue weighted by Gasteiger charge is 2.22. The maximum Gasteiger partial charge on any atom is 0.310 e. The summed E-state index contributed by atoms with van der Waals surface area (Å²) < 4.78 is 9.55. The minimum atomic E-state index is -0.264. The second-order valence-electron chi connectivity index (χ2n) is 5.86. The van der Waals surface area contributed by atoms with Gasteiger partial charge in [0.25, 0.3) is 0 Å². The number of carbonyl (C=O) groups is 2. The van der Waals surface area contributed by atoms with Gasteiger partial charge in [0.05, 0.1) is 27.1 Å². The first-order valence-electron chi connectivity index (χ1n) is 8.76. The molecule has 2 aromatic carbocycles. The highest BCUT2D eigenvalue weighted by Crippen LogP contribution is 2.25. The molecule has 0 radical (unpaired) electrons. The van der Waals surface area contributed by atoms with Crippen molar-refractivity contribution in [1.82, 2.24) is 0 Å². The minimum Gasteiger partial charge on any atom is -0.469 e. The van der Waals surface area contributed by atoms with Crippen LogP contribution in [-0.2, 0) is 30.0 Å². The molecule has 0 aromatic heterocycles. The molecule has 0 N–H and O–H groups in total. The predicted molar refractivity (Wildman–Crippen MR) is 110 cm³/mol. The van der Waals surface area contributed by atoms with Crippen LogP contribution >= 0.6 is 0 Å². The van der Waals surface area contributed by atoms with Crippen molar-refractivity contribution in [3.05, 3.63) is 77.2 Å². The Balaban J connectivity index is 2.33. The van der Waals surface area contributed by atoms with Crippen molar-refractivity contribution >= 4 is 28.4 Å². The molecule has 0 aliphatic heterocycles. The number of hydrogen-bond acceptors (Lipinski definition) is 4. The Bertz CT molecular complexity index is 695. The van der Waals surface area contributed by atoms with Crippen molar-refractivity contribution in [2.45, 2.75) is 12.8 Å². The van der Waals surface area contributed by atoms with E-state index in [-0.39, 0.29) is 22.8 Å². The van der Waals surface area contributed by atoms with E-state index in [1.165, 1.54) is 14.2 Å². The summed E-state index contributed by atoms with van der Waals surface area (Å²) in [6.07, 6.45) is 0.655. The summed E-state index contributed by atoms with van der Waals surface area (Å²) >= 11 is 0. The lowest BCUT2D eigenvalue weighted by Gasteiger charge is -2.10. The van der Waals surface area contributed by atoms with Gasteiger partial charge in [-0.1, -0.05) is 60.7 Å². The minimum absolute atomic E-state index is 0.236. The topological polar surface area (TPSA) is 52.6 Å². The Morgan fingerprint density at radius 1 is 0.778 bits per heavy atom. The van der Waals surface area contributed by atoms with Gasteiger partial charge in [-0.2, -0.15) is 0 Å². The average molecular weight is 386 g/mol. The van der Waals surface area contributed by atoms with Gasteiger partial charge in [0, 0.05) is 16.5 Å². The molecule has 0 saturated heterocycles. The molecule has 0 heterocycles. The van der Waals surface area contributed by atoms with E-state index in [0.29, 0.717) is 24.3 Å². The summed E-state index contributed by atoms with van der Waals surface area (Å²) in [6, 6.07) is 20.3. The molecular weight excluding hydrogens is 360 g/mol. The van der Waals surface area contributed by atoms with Crippen LogP contribution in [0.25, 0.3) is 5.57 Å². The fourth-order valence-corrected chi connectivity index (χ4v) is 4.46. The highest BCUT2D eigenvalue weighted by atomic mass is 32.2. The van der Waals surface area contributed by atoms with Gasteiger partial charge in [-0.3, -0.25) is 9.59 Å². The summed E-state index contributed by atoms with van der Waals surface area (Å²) in [4.78, 5) is 23.2. The molecule has 0 saturated carbocycles. The van der Waals surface area contributed by atoms with Crippen molar-refractivity contribution in [2.75, 3.05) is 25.7 Å². The molecule has 0 unspecified atom stereocenters. The second kappa shape index (κ2) is 11.2. The molecule has 0 fully saturated rings. The lowest BCUT2D eigenvalue weighted by molar-refractivity contribution is -0.140. The zero-order valence-electron chi connectivity index (χ0n) is 15.7. The fourth-order valence-electron chi connectivity index (χ4n) is 2.56. The first-order chi connectivity index (χ1) is 13.1. The van der Waals surface area contributed by atoms with Crippen molar-refractivity contribution in [3.63, 3.8) is 0 Å². The summed E-state index contributed by atoms with van der Waals surface area (Å²) in [5.41, 5.74) is 3.32. The smallest absolute Gasteiger partial charge is 0.310 e. The van der Waals surface area contributed by atoms with E-state index >= 15 is 0 Å². The normalized spacial score (nSPS) is 10.3. The van der Waals surface area contributed by atoms with E-state index in [2.05, 4.69) is 29.7 Å². The van der Waals surface area contributed by atoms with Gasteiger partial charge in [-0.15, -0.1) is 0 Å². The number of ether oxygens (including phenoxy) is 2. The molecule has 0 bridgehead atoms. The summed E-state index contributed by atoms with van der Waals surface area (Å²) in [5, 5.41) is 2.19. The third kappa shape index (κ3) is 6.94. The first-order valence-corrected chi connectivity index (χ1v) is 10.4. The maximum atomic E-state index is 11.6. The molecule has 4 nitrogen and oxygen atoms in total.